The molecule has 5 rings (SSSR count). The zero-order valence-electron chi connectivity index (χ0n) is 43.5. The second kappa shape index (κ2) is 15.2. The average molecular weight is 840 g/mol. The van der Waals surface area contributed by atoms with Gasteiger partial charge in [-0.05, 0) is 117 Å². The van der Waals surface area contributed by atoms with Crippen molar-refractivity contribution in [2.75, 3.05) is 5.73 Å². The standard InChI is InChI=1S/C56H83N6/c1-49(2,3)33-25-37(53(13,14)15)45(57)41(29-33)59-42-30-34(50(4,5)6)28-40(56(22,23)24)48(42)62-60-47-39(55(19,20)21)27-36(52(10,11)12)32-44(47)61(62)43-31-35(51(7,8)9)26-38(46(43)58)54(16,17)18/h25-32,57H,58H2,1-24H3/q+1. The normalized spacial score (nSPS) is 16.1. The molecule has 0 saturated heterocycles. The quantitative estimate of drug-likeness (QED) is 0.122. The van der Waals surface area contributed by atoms with Gasteiger partial charge in [0.15, 0.2) is 11.4 Å². The minimum absolute atomic E-state index is 0.137. The van der Waals surface area contributed by atoms with E-state index in [0.717, 1.165) is 56.1 Å². The van der Waals surface area contributed by atoms with Gasteiger partial charge in [0.1, 0.15) is 0 Å². The lowest BCUT2D eigenvalue weighted by molar-refractivity contribution is -0.654. The SMILES string of the molecule is CC(C)(C)C1=CC(=Nc2cc(C(C)(C)C)cc(C(C)(C)C)c2-n2nc3c(C(C)(C)C)cc(C(C)(C)C)cc3[n+]2-c2cc(C(C)(C)C)cc(C(C)(C)C)c2N)C(=N)C(C(C)(C)C)=C1. The number of rotatable bonds is 3. The summed E-state index contributed by atoms with van der Waals surface area (Å²) in [6.07, 6.45) is 4.37. The van der Waals surface area contributed by atoms with E-state index in [4.69, 9.17) is 15.8 Å². The molecule has 6 heteroatoms. The molecule has 62 heavy (non-hydrogen) atoms. The van der Waals surface area contributed by atoms with E-state index in [0.29, 0.717) is 11.4 Å². The predicted molar refractivity (Wildman–Crippen MR) is 269 cm³/mol. The lowest BCUT2D eigenvalue weighted by Gasteiger charge is -2.32. The maximum atomic E-state index is 9.78. The number of nitrogens with two attached hydrogens (primary N) is 1. The molecule has 0 bridgehead atoms. The minimum atomic E-state index is -0.330. The summed E-state index contributed by atoms with van der Waals surface area (Å²) >= 11 is 0. The van der Waals surface area contributed by atoms with Crippen LogP contribution in [-0.2, 0) is 32.5 Å². The molecule has 6 nitrogen and oxygen atoms in total. The fourth-order valence-corrected chi connectivity index (χ4v) is 8.17. The van der Waals surface area contributed by atoms with Crippen LogP contribution in [0.4, 0.5) is 11.4 Å². The Hall–Kier alpha value is -4.32. The second-order valence-corrected chi connectivity index (χ2v) is 26.5. The summed E-state index contributed by atoms with van der Waals surface area (Å²) in [4.78, 5) is 7.82. The van der Waals surface area contributed by atoms with Crippen molar-refractivity contribution in [2.24, 2.45) is 15.8 Å². The molecule has 1 aromatic heterocycles. The molecule has 0 unspecified atom stereocenters. The number of hydrogen-bond donors (Lipinski definition) is 2. The molecule has 0 amide bonds. The highest BCUT2D eigenvalue weighted by Gasteiger charge is 2.39. The van der Waals surface area contributed by atoms with E-state index in [1.807, 2.05) is 0 Å². The van der Waals surface area contributed by atoms with Crippen LogP contribution in [0, 0.1) is 16.2 Å². The van der Waals surface area contributed by atoms with E-state index in [2.05, 4.69) is 224 Å². The van der Waals surface area contributed by atoms with Crippen molar-refractivity contribution in [1.82, 2.24) is 9.90 Å². The number of nitrogen functional groups attached to an aromatic ring is 1. The number of benzene rings is 3. The number of hydrogen-bond acceptors (Lipinski definition) is 4. The van der Waals surface area contributed by atoms with E-state index in [1.54, 1.807) is 0 Å². The van der Waals surface area contributed by atoms with Crippen LogP contribution in [0.2, 0.25) is 0 Å². The third-order valence-corrected chi connectivity index (χ3v) is 12.4. The summed E-state index contributed by atoms with van der Waals surface area (Å²) < 4.78 is 2.30. The number of anilines is 1. The Labute approximate surface area is 377 Å². The molecular weight excluding hydrogens is 757 g/mol. The first-order valence-corrected chi connectivity index (χ1v) is 22.9. The maximum absolute atomic E-state index is 9.78. The summed E-state index contributed by atoms with van der Waals surface area (Å²) in [5.74, 6) is 0. The Bertz CT molecular complexity index is 2530. The van der Waals surface area contributed by atoms with Crippen molar-refractivity contribution in [3.05, 3.63) is 93.1 Å². The molecule has 0 spiro atoms. The fourth-order valence-electron chi connectivity index (χ4n) is 8.17. The minimum Gasteiger partial charge on any atom is -0.395 e. The Morgan fingerprint density at radius 1 is 0.516 bits per heavy atom. The zero-order valence-corrected chi connectivity index (χ0v) is 43.5. The van der Waals surface area contributed by atoms with Crippen LogP contribution < -0.4 is 10.4 Å². The summed E-state index contributed by atoms with van der Waals surface area (Å²) in [6.45, 7) is 54.3. The molecule has 336 valence electrons. The number of aromatic nitrogens is 3. The van der Waals surface area contributed by atoms with E-state index < -0.39 is 0 Å². The van der Waals surface area contributed by atoms with Gasteiger partial charge in [0.2, 0.25) is 5.52 Å². The van der Waals surface area contributed by atoms with Crippen molar-refractivity contribution in [3.8, 4) is 11.4 Å². The van der Waals surface area contributed by atoms with Crippen molar-refractivity contribution in [1.29, 1.82) is 5.41 Å². The van der Waals surface area contributed by atoms with Crippen molar-refractivity contribution in [3.63, 3.8) is 0 Å². The van der Waals surface area contributed by atoms with Gasteiger partial charge in [0, 0.05) is 5.56 Å². The molecule has 1 aliphatic carbocycles. The third-order valence-electron chi connectivity index (χ3n) is 12.4. The molecule has 3 N–H and O–H groups in total. The van der Waals surface area contributed by atoms with Gasteiger partial charge in [0.25, 0.3) is 5.52 Å². The Kier molecular flexibility index (Phi) is 11.9. The second-order valence-electron chi connectivity index (χ2n) is 26.5. The van der Waals surface area contributed by atoms with Gasteiger partial charge in [-0.2, -0.15) is 0 Å². The molecule has 3 aromatic carbocycles. The van der Waals surface area contributed by atoms with Gasteiger partial charge in [-0.25, -0.2) is 4.99 Å². The first-order valence-electron chi connectivity index (χ1n) is 22.9. The van der Waals surface area contributed by atoms with Crippen LogP contribution in [-0.4, -0.2) is 21.3 Å². The van der Waals surface area contributed by atoms with Crippen molar-refractivity contribution >= 4 is 33.8 Å². The number of fused-ring (bicyclic) bond motifs is 1. The smallest absolute Gasteiger partial charge is 0.253 e. The average Bonchev–Trinajstić information content (AvgIpc) is 3.43. The van der Waals surface area contributed by atoms with E-state index in [1.165, 1.54) is 22.3 Å². The van der Waals surface area contributed by atoms with Crippen LogP contribution >= 0.6 is 0 Å². The molecule has 4 aromatic rings. The van der Waals surface area contributed by atoms with Gasteiger partial charge in [0.05, 0.1) is 27.9 Å². The fraction of sp³-hybridized carbons (Fsp3) is 0.571. The molecular formula is C56H83N6+. The number of aliphatic imine (C=N–C) groups is 1. The maximum Gasteiger partial charge on any atom is 0.253 e. The van der Waals surface area contributed by atoms with E-state index in [9.17, 15) is 5.41 Å². The van der Waals surface area contributed by atoms with Gasteiger partial charge >= 0.3 is 0 Å². The van der Waals surface area contributed by atoms with Crippen molar-refractivity contribution in [2.45, 2.75) is 199 Å². The summed E-state index contributed by atoms with van der Waals surface area (Å²) in [6, 6.07) is 13.9. The van der Waals surface area contributed by atoms with Crippen LogP contribution in [0.25, 0.3) is 22.4 Å². The highest BCUT2D eigenvalue weighted by molar-refractivity contribution is 6.52. The van der Waals surface area contributed by atoms with Crippen LogP contribution in [0.3, 0.4) is 0 Å². The van der Waals surface area contributed by atoms with Crippen LogP contribution in [0.15, 0.2) is 64.7 Å². The van der Waals surface area contributed by atoms with Crippen LogP contribution in [0.5, 0.6) is 0 Å². The van der Waals surface area contributed by atoms with E-state index >= 15 is 0 Å². The first kappa shape index (κ1) is 48.7. The van der Waals surface area contributed by atoms with Gasteiger partial charge in [-0.1, -0.05) is 184 Å². The van der Waals surface area contributed by atoms with Crippen LogP contribution in [0.1, 0.15) is 200 Å². The molecule has 0 radical (unpaired) electrons. The Morgan fingerprint density at radius 3 is 1.42 bits per heavy atom. The molecule has 0 saturated carbocycles. The number of nitrogens with one attached hydrogen (secondary N) is 1. The highest BCUT2D eigenvalue weighted by Crippen LogP contribution is 2.44. The van der Waals surface area contributed by atoms with Crippen molar-refractivity contribution < 1.29 is 4.68 Å². The summed E-state index contributed by atoms with van der Waals surface area (Å²) in [7, 11) is 0. The van der Waals surface area contributed by atoms with Gasteiger partial charge in [-0.15, -0.1) is 4.68 Å². The summed E-state index contributed by atoms with van der Waals surface area (Å²) in [5, 5.41) is 15.6. The predicted octanol–water partition coefficient (Wildman–Crippen LogP) is 14.7. The Balaban J connectivity index is 2.18. The topological polar surface area (TPSA) is 83.9 Å². The van der Waals surface area contributed by atoms with Gasteiger partial charge < -0.3 is 5.73 Å². The first-order chi connectivity index (χ1) is 27.6. The molecule has 0 fully saturated rings. The lowest BCUT2D eigenvalue weighted by Crippen LogP contribution is -2.43. The zero-order chi connectivity index (χ0) is 47.5. The third kappa shape index (κ3) is 9.60. The number of nitrogens with zero attached hydrogens (tertiary/aromatic N) is 4. The number of allylic oxidation sites excluding steroid dienone is 4. The highest BCUT2D eigenvalue weighted by atomic mass is 15.6. The Morgan fingerprint density at radius 2 is 0.968 bits per heavy atom. The summed E-state index contributed by atoms with van der Waals surface area (Å²) in [5.41, 5.74) is 21.4. The largest absolute Gasteiger partial charge is 0.395 e. The molecule has 0 atom stereocenters. The molecule has 0 aliphatic heterocycles. The molecule has 1 aliphatic rings. The lowest BCUT2D eigenvalue weighted by atomic mass is 9.74. The van der Waals surface area contributed by atoms with Gasteiger partial charge in [-0.3, -0.25) is 5.41 Å². The molecule has 1 heterocycles. The monoisotopic (exact) mass is 840 g/mol. The van der Waals surface area contributed by atoms with E-state index in [-0.39, 0.29) is 43.3 Å².